The zero-order chi connectivity index (χ0) is 15.0. The highest BCUT2D eigenvalue weighted by atomic mass is 32.1. The Bertz CT molecular complexity index is 827. The van der Waals surface area contributed by atoms with E-state index in [1.54, 1.807) is 7.05 Å². The highest BCUT2D eigenvalue weighted by molar-refractivity contribution is 7.21. The summed E-state index contributed by atoms with van der Waals surface area (Å²) in [5.41, 5.74) is 8.31. The fourth-order valence-corrected chi connectivity index (χ4v) is 3.19. The van der Waals surface area contributed by atoms with Gasteiger partial charge in [0.15, 0.2) is 5.78 Å². The molecule has 0 aliphatic carbocycles. The minimum absolute atomic E-state index is 0.0551. The van der Waals surface area contributed by atoms with E-state index in [2.05, 4.69) is 15.3 Å². The number of carbonyl (C=O) groups excluding carboxylic acids is 1. The van der Waals surface area contributed by atoms with E-state index in [1.807, 2.05) is 30.3 Å². The summed E-state index contributed by atoms with van der Waals surface area (Å²) in [7, 11) is 1.76. The number of nitrogens with one attached hydrogen (secondary N) is 1. The molecular formula is C15H14N4OS. The second-order valence-corrected chi connectivity index (χ2v) is 5.59. The number of thiophene rings is 1. The molecule has 0 aliphatic rings. The van der Waals surface area contributed by atoms with Crippen LogP contribution in [0.5, 0.6) is 0 Å². The van der Waals surface area contributed by atoms with Crippen LogP contribution in [0.2, 0.25) is 0 Å². The molecule has 0 saturated carbocycles. The van der Waals surface area contributed by atoms with Crippen LogP contribution in [0.1, 0.15) is 16.6 Å². The average molecular weight is 298 g/mol. The number of fused-ring (bicyclic) bond motifs is 1. The molecule has 3 N–H and O–H groups in total. The van der Waals surface area contributed by atoms with Crippen LogP contribution in [-0.4, -0.2) is 22.8 Å². The number of Topliss-reactive ketones (excluding diaryl/α,β-unsaturated/α-hetero) is 1. The molecule has 5 nitrogen and oxygen atoms in total. The first kappa shape index (κ1) is 13.5. The SMILES string of the molecule is CNc1nc(-c2ccccc2)c2c(N)c(C(C)=O)sc2n1. The third-order valence-corrected chi connectivity index (χ3v) is 4.38. The standard InChI is InChI=1S/C15H14N4OS/c1-8(20)13-11(16)10-12(9-6-4-3-5-7-9)18-15(17-2)19-14(10)21-13/h3-7H,16H2,1-2H3,(H,17,18,19). The van der Waals surface area contributed by atoms with Gasteiger partial charge in [-0.15, -0.1) is 11.3 Å². The van der Waals surface area contributed by atoms with Crippen molar-refractivity contribution in [1.29, 1.82) is 0 Å². The molecule has 6 heteroatoms. The number of anilines is 2. The fourth-order valence-electron chi connectivity index (χ4n) is 2.20. The molecule has 0 aliphatic heterocycles. The maximum atomic E-state index is 11.7. The van der Waals surface area contributed by atoms with Crippen LogP contribution >= 0.6 is 11.3 Å². The Morgan fingerprint density at radius 2 is 1.95 bits per heavy atom. The molecule has 0 radical (unpaired) electrons. The van der Waals surface area contributed by atoms with Gasteiger partial charge in [-0.25, -0.2) is 9.97 Å². The highest BCUT2D eigenvalue weighted by Crippen LogP contribution is 2.38. The Kier molecular flexibility index (Phi) is 3.31. The molecule has 21 heavy (non-hydrogen) atoms. The number of nitrogen functional groups attached to an aromatic ring is 1. The van der Waals surface area contributed by atoms with Gasteiger partial charge in [0, 0.05) is 19.5 Å². The summed E-state index contributed by atoms with van der Waals surface area (Å²) >= 11 is 1.30. The first-order chi connectivity index (χ1) is 10.1. The van der Waals surface area contributed by atoms with Crippen LogP contribution in [0.25, 0.3) is 21.5 Å². The van der Waals surface area contributed by atoms with Crippen LogP contribution in [0.15, 0.2) is 30.3 Å². The lowest BCUT2D eigenvalue weighted by Gasteiger charge is -2.06. The van der Waals surface area contributed by atoms with Crippen molar-refractivity contribution in [2.75, 3.05) is 18.1 Å². The third kappa shape index (κ3) is 2.23. The molecule has 0 saturated heterocycles. The van der Waals surface area contributed by atoms with Gasteiger partial charge in [0.2, 0.25) is 5.95 Å². The molecule has 0 bridgehead atoms. The van der Waals surface area contributed by atoms with Gasteiger partial charge >= 0.3 is 0 Å². The van der Waals surface area contributed by atoms with E-state index >= 15 is 0 Å². The smallest absolute Gasteiger partial charge is 0.224 e. The molecule has 3 aromatic rings. The number of aromatic nitrogens is 2. The van der Waals surface area contributed by atoms with Crippen molar-refractivity contribution in [3.63, 3.8) is 0 Å². The molecule has 0 fully saturated rings. The highest BCUT2D eigenvalue weighted by Gasteiger charge is 2.19. The third-order valence-electron chi connectivity index (χ3n) is 3.18. The van der Waals surface area contributed by atoms with Crippen LogP contribution in [0, 0.1) is 0 Å². The number of ketones is 1. The number of benzene rings is 1. The maximum Gasteiger partial charge on any atom is 0.224 e. The largest absolute Gasteiger partial charge is 0.397 e. The molecule has 0 unspecified atom stereocenters. The summed E-state index contributed by atoms with van der Waals surface area (Å²) in [4.78, 5) is 21.9. The molecule has 0 atom stereocenters. The number of carbonyl (C=O) groups is 1. The fraction of sp³-hybridized carbons (Fsp3) is 0.133. The van der Waals surface area contributed by atoms with Gasteiger partial charge in [-0.2, -0.15) is 0 Å². The zero-order valence-corrected chi connectivity index (χ0v) is 12.5. The van der Waals surface area contributed by atoms with Crippen molar-refractivity contribution in [2.45, 2.75) is 6.92 Å². The van der Waals surface area contributed by atoms with Crippen LogP contribution in [0.4, 0.5) is 11.6 Å². The zero-order valence-electron chi connectivity index (χ0n) is 11.7. The lowest BCUT2D eigenvalue weighted by atomic mass is 10.1. The van der Waals surface area contributed by atoms with E-state index < -0.39 is 0 Å². The molecule has 106 valence electrons. The van der Waals surface area contributed by atoms with Crippen molar-refractivity contribution >= 4 is 39.0 Å². The van der Waals surface area contributed by atoms with Gasteiger partial charge in [0.25, 0.3) is 0 Å². The summed E-state index contributed by atoms with van der Waals surface area (Å²) in [6, 6.07) is 9.75. The van der Waals surface area contributed by atoms with Gasteiger partial charge in [-0.05, 0) is 0 Å². The second-order valence-electron chi connectivity index (χ2n) is 4.59. The van der Waals surface area contributed by atoms with Gasteiger partial charge in [-0.1, -0.05) is 30.3 Å². The predicted octanol–water partition coefficient (Wildman–Crippen LogP) is 3.18. The number of hydrogen-bond donors (Lipinski definition) is 2. The van der Waals surface area contributed by atoms with Crippen LogP contribution in [-0.2, 0) is 0 Å². The lowest BCUT2D eigenvalue weighted by molar-refractivity contribution is 0.102. The van der Waals surface area contributed by atoms with Crippen LogP contribution < -0.4 is 11.1 Å². The van der Waals surface area contributed by atoms with Crippen LogP contribution in [0.3, 0.4) is 0 Å². The van der Waals surface area contributed by atoms with Crippen molar-refractivity contribution < 1.29 is 4.79 Å². The quantitative estimate of drug-likeness (QED) is 0.726. The Morgan fingerprint density at radius 1 is 1.24 bits per heavy atom. The lowest BCUT2D eigenvalue weighted by Crippen LogP contribution is -1.99. The van der Waals surface area contributed by atoms with E-state index in [4.69, 9.17) is 5.73 Å². The first-order valence-corrected chi connectivity index (χ1v) is 7.27. The number of hydrogen-bond acceptors (Lipinski definition) is 6. The van der Waals surface area contributed by atoms with Gasteiger partial charge in [0.05, 0.1) is 21.6 Å². The van der Waals surface area contributed by atoms with E-state index in [9.17, 15) is 4.79 Å². The van der Waals surface area contributed by atoms with Crippen molar-refractivity contribution in [3.8, 4) is 11.3 Å². The minimum atomic E-state index is -0.0551. The number of nitrogens with two attached hydrogens (primary N) is 1. The first-order valence-electron chi connectivity index (χ1n) is 6.46. The summed E-state index contributed by atoms with van der Waals surface area (Å²) in [5, 5.41) is 3.69. The molecule has 3 rings (SSSR count). The Morgan fingerprint density at radius 3 is 2.57 bits per heavy atom. The number of nitrogens with zero attached hydrogens (tertiary/aromatic N) is 2. The second kappa shape index (κ2) is 5.14. The summed E-state index contributed by atoms with van der Waals surface area (Å²) < 4.78 is 0. The summed E-state index contributed by atoms with van der Waals surface area (Å²) in [6.45, 7) is 1.51. The molecule has 2 heterocycles. The monoisotopic (exact) mass is 298 g/mol. The van der Waals surface area contributed by atoms with E-state index in [0.29, 0.717) is 16.5 Å². The van der Waals surface area contributed by atoms with Crippen molar-refractivity contribution in [1.82, 2.24) is 9.97 Å². The number of rotatable bonds is 3. The normalized spacial score (nSPS) is 10.8. The van der Waals surface area contributed by atoms with E-state index in [0.717, 1.165) is 21.5 Å². The molecule has 0 spiro atoms. The maximum absolute atomic E-state index is 11.7. The molecule has 2 aromatic heterocycles. The van der Waals surface area contributed by atoms with Gasteiger partial charge < -0.3 is 11.1 Å². The van der Waals surface area contributed by atoms with Gasteiger partial charge in [0.1, 0.15) is 4.83 Å². The Hall–Kier alpha value is -2.47. The van der Waals surface area contributed by atoms with Crippen molar-refractivity contribution in [3.05, 3.63) is 35.2 Å². The van der Waals surface area contributed by atoms with E-state index in [1.165, 1.54) is 18.3 Å². The molecule has 0 amide bonds. The summed E-state index contributed by atoms with van der Waals surface area (Å²) in [5.74, 6) is 0.457. The predicted molar refractivity (Wildman–Crippen MR) is 86.8 cm³/mol. The van der Waals surface area contributed by atoms with E-state index in [-0.39, 0.29) is 5.78 Å². The average Bonchev–Trinajstić information content (AvgIpc) is 2.84. The molecule has 1 aromatic carbocycles. The van der Waals surface area contributed by atoms with Gasteiger partial charge in [-0.3, -0.25) is 4.79 Å². The Balaban J connectivity index is 2.39. The topological polar surface area (TPSA) is 80.9 Å². The minimum Gasteiger partial charge on any atom is -0.397 e. The van der Waals surface area contributed by atoms with Crippen molar-refractivity contribution in [2.24, 2.45) is 0 Å². The Labute approximate surface area is 125 Å². The molecular weight excluding hydrogens is 284 g/mol. The summed E-state index contributed by atoms with van der Waals surface area (Å²) in [6.07, 6.45) is 0.